The van der Waals surface area contributed by atoms with Crippen LogP contribution in [0.25, 0.3) is 54.9 Å². The van der Waals surface area contributed by atoms with Crippen molar-refractivity contribution in [1.82, 2.24) is 0 Å². The summed E-state index contributed by atoms with van der Waals surface area (Å²) in [6.45, 7) is 0. The fourth-order valence-electron chi connectivity index (χ4n) is 6.05. The Morgan fingerprint density at radius 1 is 0.477 bits per heavy atom. The second kappa shape index (κ2) is 11.2. The summed E-state index contributed by atoms with van der Waals surface area (Å²) >= 11 is 0. The largest absolute Gasteiger partial charge is 1.00 e. The van der Waals surface area contributed by atoms with Crippen molar-refractivity contribution < 1.29 is 37.9 Å². The minimum atomic E-state index is -4.27. The summed E-state index contributed by atoms with van der Waals surface area (Å²) < 4.78 is 13.3. The van der Waals surface area contributed by atoms with Crippen LogP contribution in [0.15, 0.2) is 146 Å². The van der Waals surface area contributed by atoms with Gasteiger partial charge in [-0.2, -0.15) is 0 Å². The van der Waals surface area contributed by atoms with Gasteiger partial charge in [-0.1, -0.05) is 133 Å². The van der Waals surface area contributed by atoms with E-state index in [-0.39, 0.29) is 24.2 Å². The van der Waals surface area contributed by atoms with Gasteiger partial charge >= 0.3 is 26.8 Å². The molecule has 0 aromatic heterocycles. The molecule has 0 N–H and O–H groups in total. The maximum atomic E-state index is 15.2. The Labute approximate surface area is 267 Å². The van der Waals surface area contributed by atoms with Crippen molar-refractivity contribution in [3.63, 3.8) is 0 Å². The average Bonchev–Trinajstić information content (AvgIpc) is 3.20. The van der Waals surface area contributed by atoms with Gasteiger partial charge in [0.1, 0.15) is 0 Å². The van der Waals surface area contributed by atoms with Gasteiger partial charge in [0.2, 0.25) is 0 Å². The first-order chi connectivity index (χ1) is 21.1. The quantitative estimate of drug-likeness (QED) is 0.210. The molecule has 206 valence electrons. The standard InChI is InChI=1S/C38H25O4P.Li/c39-33-21-11-12-22-34(33)43(40)41-37-31(25-13-3-1-4-14-25)23-27-17-7-9-19-29(27)35(37)36-30-20-10-8-18-28(30)24-32(38(36)42-43)26-15-5-2-6-16-26;/h1-24,39H;/q;+1/p-1. The van der Waals surface area contributed by atoms with Crippen molar-refractivity contribution in [2.24, 2.45) is 0 Å². The molecule has 8 rings (SSSR count). The first-order valence-corrected chi connectivity index (χ1v) is 15.6. The first-order valence-electron chi connectivity index (χ1n) is 14.1. The summed E-state index contributed by atoms with van der Waals surface area (Å²) in [4.78, 5) is 15.2. The number of fused-ring (bicyclic) bond motifs is 7. The van der Waals surface area contributed by atoms with Gasteiger partial charge in [-0.15, -0.1) is 0 Å². The molecule has 0 saturated heterocycles. The van der Waals surface area contributed by atoms with Gasteiger partial charge in [0.05, 0.1) is 0 Å². The maximum Gasteiger partial charge on any atom is 1.00 e. The molecule has 44 heavy (non-hydrogen) atoms. The normalized spacial score (nSPS) is 13.1. The summed E-state index contributed by atoms with van der Waals surface area (Å²) in [7, 11) is -4.27. The van der Waals surface area contributed by atoms with E-state index in [0.29, 0.717) is 11.5 Å². The minimum absolute atomic E-state index is 0. The number of benzene rings is 7. The predicted molar refractivity (Wildman–Crippen MR) is 171 cm³/mol. The molecule has 0 saturated carbocycles. The molecule has 7 aromatic carbocycles. The van der Waals surface area contributed by atoms with Crippen molar-refractivity contribution in [2.75, 3.05) is 0 Å². The number of rotatable bonds is 3. The molecule has 1 aliphatic heterocycles. The van der Waals surface area contributed by atoms with Gasteiger partial charge in [0.25, 0.3) is 0 Å². The van der Waals surface area contributed by atoms with E-state index in [2.05, 4.69) is 36.4 Å². The molecular formula is C38H24LiO4P. The molecule has 0 amide bonds. The summed E-state index contributed by atoms with van der Waals surface area (Å²) in [5.41, 5.74) is 4.90. The molecule has 0 spiro atoms. The van der Waals surface area contributed by atoms with Crippen molar-refractivity contribution in [1.29, 1.82) is 0 Å². The summed E-state index contributed by atoms with van der Waals surface area (Å²) in [5.74, 6) is 0.441. The fraction of sp³-hybridized carbons (Fsp3) is 0. The molecule has 0 atom stereocenters. The van der Waals surface area contributed by atoms with Crippen molar-refractivity contribution in [3.05, 3.63) is 146 Å². The van der Waals surface area contributed by atoms with E-state index < -0.39 is 13.7 Å². The van der Waals surface area contributed by atoms with E-state index in [1.807, 2.05) is 84.9 Å². The fourth-order valence-corrected chi connectivity index (χ4v) is 7.76. The van der Waals surface area contributed by atoms with E-state index in [1.54, 1.807) is 18.2 Å². The van der Waals surface area contributed by atoms with Crippen molar-refractivity contribution in [3.8, 4) is 50.6 Å². The predicted octanol–water partition coefficient (Wildman–Crippen LogP) is 5.29. The van der Waals surface area contributed by atoms with Crippen LogP contribution in [-0.4, -0.2) is 0 Å². The van der Waals surface area contributed by atoms with Gasteiger partial charge in [-0.05, 0) is 50.9 Å². The summed E-state index contributed by atoms with van der Waals surface area (Å²) in [6.07, 6.45) is 0. The van der Waals surface area contributed by atoms with E-state index >= 15 is 4.89 Å². The van der Waals surface area contributed by atoms with E-state index in [0.717, 1.165) is 54.9 Å². The van der Waals surface area contributed by atoms with E-state index in [1.165, 1.54) is 6.07 Å². The summed E-state index contributed by atoms with van der Waals surface area (Å²) in [5, 5.41) is 17.1. The van der Waals surface area contributed by atoms with Gasteiger partial charge in [0.15, 0.2) is 16.8 Å². The van der Waals surface area contributed by atoms with Crippen LogP contribution in [0, 0.1) is 0 Å². The van der Waals surface area contributed by atoms with Gasteiger partial charge in [-0.25, -0.2) is 0 Å². The Morgan fingerprint density at radius 3 is 1.36 bits per heavy atom. The van der Waals surface area contributed by atoms with Crippen LogP contribution < -0.4 is 43.2 Å². The van der Waals surface area contributed by atoms with Crippen LogP contribution in [0.3, 0.4) is 0 Å². The molecule has 6 heteroatoms. The second-order valence-corrected chi connectivity index (χ2v) is 12.4. The van der Waals surface area contributed by atoms with Crippen LogP contribution in [0.2, 0.25) is 0 Å². The topological polar surface area (TPSA) is 64.6 Å². The third-order valence-corrected chi connectivity index (χ3v) is 9.81. The molecule has 7 aromatic rings. The van der Waals surface area contributed by atoms with Crippen molar-refractivity contribution >= 4 is 34.8 Å². The third kappa shape index (κ3) is 4.56. The first kappa shape index (κ1) is 28.2. The molecule has 0 radical (unpaired) electrons. The van der Waals surface area contributed by atoms with Gasteiger partial charge in [-0.3, -0.25) is 0 Å². The number of hydrogen-bond acceptors (Lipinski definition) is 4. The smallest absolute Gasteiger partial charge is 0.870 e. The number of hydrogen-bond donors (Lipinski definition) is 0. The molecule has 0 aliphatic carbocycles. The van der Waals surface area contributed by atoms with Crippen LogP contribution in [0.5, 0.6) is 17.2 Å². The second-order valence-electron chi connectivity index (χ2n) is 10.6. The monoisotopic (exact) mass is 582 g/mol. The Morgan fingerprint density at radius 2 is 0.886 bits per heavy atom. The average molecular weight is 583 g/mol. The Hall–Kier alpha value is -4.55. The van der Waals surface area contributed by atoms with Gasteiger partial charge < -0.3 is 19.0 Å². The minimum Gasteiger partial charge on any atom is -0.870 e. The maximum absolute atomic E-state index is 15.2. The molecule has 0 bridgehead atoms. The zero-order valence-corrected chi connectivity index (χ0v) is 24.8. The van der Waals surface area contributed by atoms with E-state index in [4.69, 9.17) is 9.05 Å². The number of para-hydroxylation sites is 1. The molecule has 1 heterocycles. The van der Waals surface area contributed by atoms with E-state index in [9.17, 15) is 5.11 Å². The summed E-state index contributed by atoms with van der Waals surface area (Å²) in [6, 6.07) is 46.4. The zero-order chi connectivity index (χ0) is 29.0. The van der Waals surface area contributed by atoms with Crippen LogP contribution in [0.4, 0.5) is 0 Å². The van der Waals surface area contributed by atoms with Crippen LogP contribution in [0.1, 0.15) is 0 Å². The Kier molecular flexibility index (Phi) is 7.17. The molecule has 1 aliphatic rings. The molecule has 0 fully saturated rings. The Bertz CT molecular complexity index is 2040. The molecular weight excluding hydrogens is 558 g/mol. The third-order valence-electron chi connectivity index (χ3n) is 8.01. The molecule has 4 nitrogen and oxygen atoms in total. The van der Waals surface area contributed by atoms with Crippen molar-refractivity contribution in [2.45, 2.75) is 0 Å². The van der Waals surface area contributed by atoms with Crippen LogP contribution >= 0.6 is 7.94 Å². The SMILES string of the molecule is [Li+].[O-]c1ccccc1[P+]1([O-])Oc2c(-c3ccccc3)cc3ccccc3c2-c2c(c(-c3ccccc3)cc3ccccc23)O1. The molecule has 0 unspecified atom stereocenters. The van der Waals surface area contributed by atoms with Crippen LogP contribution in [-0.2, 0) is 0 Å². The zero-order valence-electron chi connectivity index (χ0n) is 23.9. The Balaban J connectivity index is 0.00000312. The van der Waals surface area contributed by atoms with Gasteiger partial charge in [0, 0.05) is 22.3 Å².